The molecule has 1 N–H and O–H groups in total. The van der Waals surface area contributed by atoms with Crippen LogP contribution in [0, 0.1) is 5.82 Å². The van der Waals surface area contributed by atoms with E-state index in [-0.39, 0.29) is 24.3 Å². The maximum Gasteiger partial charge on any atom is 0.414 e. The summed E-state index contributed by atoms with van der Waals surface area (Å²) in [4.78, 5) is 25.2. The number of nitrogens with zero attached hydrogens (tertiary/aromatic N) is 1. The fourth-order valence-electron chi connectivity index (χ4n) is 1.96. The van der Waals surface area contributed by atoms with Gasteiger partial charge in [0.15, 0.2) is 0 Å². The molecule has 0 unspecified atom stereocenters. The predicted octanol–water partition coefficient (Wildman–Crippen LogP) is 2.31. The Morgan fingerprint density at radius 2 is 2.10 bits per heavy atom. The summed E-state index contributed by atoms with van der Waals surface area (Å²) in [7, 11) is 0. The van der Waals surface area contributed by atoms with Crippen LogP contribution < -0.4 is 10.2 Å². The number of anilines is 1. The second kappa shape index (κ2) is 5.11. The molecule has 6 heteroatoms. The molecule has 0 saturated heterocycles. The zero-order valence-electron chi connectivity index (χ0n) is 11.7. The third-order valence-electron chi connectivity index (χ3n) is 2.74. The molecule has 1 aromatic carbocycles. The van der Waals surface area contributed by atoms with Gasteiger partial charge in [0, 0.05) is 13.1 Å². The molecule has 0 spiro atoms. The lowest BCUT2D eigenvalue weighted by Gasteiger charge is -2.27. The van der Waals surface area contributed by atoms with Crippen molar-refractivity contribution in [3.05, 3.63) is 29.6 Å². The summed E-state index contributed by atoms with van der Waals surface area (Å²) in [5, 5.41) is 2.62. The summed E-state index contributed by atoms with van der Waals surface area (Å²) in [5.74, 6) is -1.02. The molecule has 0 saturated carbocycles. The van der Waals surface area contributed by atoms with Crippen LogP contribution in [-0.4, -0.2) is 30.7 Å². The monoisotopic (exact) mass is 280 g/mol. The highest BCUT2D eigenvalue weighted by Gasteiger charge is 2.30. The van der Waals surface area contributed by atoms with Gasteiger partial charge in [-0.25, -0.2) is 9.18 Å². The highest BCUT2D eigenvalue weighted by atomic mass is 19.1. The van der Waals surface area contributed by atoms with Crippen LogP contribution in [0.2, 0.25) is 0 Å². The SMILES string of the molecule is CC(C)(C)OC(=O)N1CCNC(=O)c2cccc(F)c21. The van der Waals surface area contributed by atoms with Crippen LogP contribution in [-0.2, 0) is 4.74 Å². The van der Waals surface area contributed by atoms with E-state index in [0.29, 0.717) is 0 Å². The van der Waals surface area contributed by atoms with Crippen LogP contribution in [0.25, 0.3) is 0 Å². The Morgan fingerprint density at radius 3 is 2.75 bits per heavy atom. The molecule has 0 atom stereocenters. The first-order chi connectivity index (χ1) is 9.29. The molecule has 0 aromatic heterocycles. The predicted molar refractivity (Wildman–Crippen MR) is 72.3 cm³/mol. The number of amides is 2. The average Bonchev–Trinajstić information content (AvgIpc) is 2.48. The van der Waals surface area contributed by atoms with E-state index in [4.69, 9.17) is 4.74 Å². The molecule has 20 heavy (non-hydrogen) atoms. The molecule has 1 aliphatic rings. The van der Waals surface area contributed by atoms with Crippen LogP contribution in [0.15, 0.2) is 18.2 Å². The Kier molecular flexibility index (Phi) is 3.65. The van der Waals surface area contributed by atoms with Gasteiger partial charge in [-0.05, 0) is 32.9 Å². The summed E-state index contributed by atoms with van der Waals surface area (Å²) < 4.78 is 19.3. The first-order valence-electron chi connectivity index (χ1n) is 6.37. The van der Waals surface area contributed by atoms with E-state index in [1.54, 1.807) is 20.8 Å². The summed E-state index contributed by atoms with van der Waals surface area (Å²) in [5.41, 5.74) is -0.586. The minimum Gasteiger partial charge on any atom is -0.443 e. The van der Waals surface area contributed by atoms with Gasteiger partial charge in [0.05, 0.1) is 11.3 Å². The number of nitrogens with one attached hydrogen (secondary N) is 1. The summed E-state index contributed by atoms with van der Waals surface area (Å²) in [6, 6.07) is 4.14. The van der Waals surface area contributed by atoms with Crippen molar-refractivity contribution in [1.29, 1.82) is 0 Å². The van der Waals surface area contributed by atoms with Crippen LogP contribution in [0.4, 0.5) is 14.9 Å². The minimum atomic E-state index is -0.688. The van der Waals surface area contributed by atoms with E-state index in [9.17, 15) is 14.0 Å². The second-order valence-electron chi connectivity index (χ2n) is 5.52. The molecule has 1 aliphatic heterocycles. The van der Waals surface area contributed by atoms with Crippen molar-refractivity contribution in [3.8, 4) is 0 Å². The molecular formula is C14H17FN2O3. The normalized spacial score (nSPS) is 15.2. The summed E-state index contributed by atoms with van der Waals surface area (Å²) >= 11 is 0. The summed E-state index contributed by atoms with van der Waals surface area (Å²) in [6.07, 6.45) is -0.666. The number of para-hydroxylation sites is 1. The molecule has 0 aliphatic carbocycles. The smallest absolute Gasteiger partial charge is 0.414 e. The van der Waals surface area contributed by atoms with Gasteiger partial charge in [-0.15, -0.1) is 0 Å². The highest BCUT2D eigenvalue weighted by molar-refractivity contribution is 6.04. The fraction of sp³-hybridized carbons (Fsp3) is 0.429. The van der Waals surface area contributed by atoms with E-state index >= 15 is 0 Å². The van der Waals surface area contributed by atoms with Crippen molar-refractivity contribution in [2.45, 2.75) is 26.4 Å². The van der Waals surface area contributed by atoms with E-state index < -0.39 is 23.4 Å². The topological polar surface area (TPSA) is 58.6 Å². The van der Waals surface area contributed by atoms with Crippen molar-refractivity contribution in [2.75, 3.05) is 18.0 Å². The Bertz CT molecular complexity index is 552. The Labute approximate surface area is 116 Å². The van der Waals surface area contributed by atoms with Crippen molar-refractivity contribution in [1.82, 2.24) is 5.32 Å². The van der Waals surface area contributed by atoms with Crippen molar-refractivity contribution >= 4 is 17.7 Å². The van der Waals surface area contributed by atoms with Crippen molar-refractivity contribution in [2.24, 2.45) is 0 Å². The number of rotatable bonds is 0. The number of ether oxygens (including phenoxy) is 1. The average molecular weight is 280 g/mol. The van der Waals surface area contributed by atoms with Crippen LogP contribution in [0.5, 0.6) is 0 Å². The van der Waals surface area contributed by atoms with E-state index in [2.05, 4.69) is 5.32 Å². The molecule has 2 rings (SSSR count). The molecule has 1 heterocycles. The van der Waals surface area contributed by atoms with E-state index in [0.717, 1.165) is 4.90 Å². The van der Waals surface area contributed by atoms with Gasteiger partial charge in [-0.2, -0.15) is 0 Å². The molecule has 5 nitrogen and oxygen atoms in total. The second-order valence-corrected chi connectivity index (χ2v) is 5.52. The first kappa shape index (κ1) is 14.3. The zero-order chi connectivity index (χ0) is 14.9. The van der Waals surface area contributed by atoms with Gasteiger partial charge in [-0.1, -0.05) is 6.07 Å². The lowest BCUT2D eigenvalue weighted by molar-refractivity contribution is 0.0579. The third-order valence-corrected chi connectivity index (χ3v) is 2.74. The first-order valence-corrected chi connectivity index (χ1v) is 6.37. The molecule has 1 aromatic rings. The fourth-order valence-corrected chi connectivity index (χ4v) is 1.96. The molecular weight excluding hydrogens is 263 g/mol. The van der Waals surface area contributed by atoms with Gasteiger partial charge in [-0.3, -0.25) is 9.69 Å². The molecule has 2 amide bonds. The standard InChI is InChI=1S/C14H17FN2O3/c1-14(2,3)20-13(19)17-8-7-16-12(18)9-5-4-6-10(15)11(9)17/h4-6H,7-8H2,1-3H3,(H,16,18). The number of hydrogen-bond donors (Lipinski definition) is 1. The minimum absolute atomic E-state index is 0.0308. The highest BCUT2D eigenvalue weighted by Crippen LogP contribution is 2.27. The van der Waals surface area contributed by atoms with E-state index in [1.165, 1.54) is 18.2 Å². The van der Waals surface area contributed by atoms with Crippen LogP contribution in [0.3, 0.4) is 0 Å². The van der Waals surface area contributed by atoms with Gasteiger partial charge in [0.25, 0.3) is 5.91 Å². The van der Waals surface area contributed by atoms with Gasteiger partial charge >= 0.3 is 6.09 Å². The van der Waals surface area contributed by atoms with Crippen LogP contribution in [0.1, 0.15) is 31.1 Å². The molecule has 0 radical (unpaired) electrons. The Morgan fingerprint density at radius 1 is 1.40 bits per heavy atom. The van der Waals surface area contributed by atoms with Crippen LogP contribution >= 0.6 is 0 Å². The number of fused-ring (bicyclic) bond motifs is 1. The lowest BCUT2D eigenvalue weighted by atomic mass is 10.1. The maximum absolute atomic E-state index is 14.0. The number of carbonyl (C=O) groups is 2. The summed E-state index contributed by atoms with van der Waals surface area (Å²) in [6.45, 7) is 5.60. The Balaban J connectivity index is 2.43. The van der Waals surface area contributed by atoms with Gasteiger partial charge in [0.2, 0.25) is 0 Å². The quantitative estimate of drug-likeness (QED) is 0.793. The largest absolute Gasteiger partial charge is 0.443 e. The van der Waals surface area contributed by atoms with Gasteiger partial charge in [0.1, 0.15) is 11.4 Å². The number of halogens is 1. The number of hydrogen-bond acceptors (Lipinski definition) is 3. The van der Waals surface area contributed by atoms with E-state index in [1.807, 2.05) is 0 Å². The van der Waals surface area contributed by atoms with Crippen molar-refractivity contribution < 1.29 is 18.7 Å². The lowest BCUT2D eigenvalue weighted by Crippen LogP contribution is -2.39. The number of carbonyl (C=O) groups excluding carboxylic acids is 2. The molecule has 108 valence electrons. The third kappa shape index (κ3) is 2.89. The zero-order valence-corrected chi connectivity index (χ0v) is 11.7. The van der Waals surface area contributed by atoms with Crippen molar-refractivity contribution in [3.63, 3.8) is 0 Å². The molecule has 0 fully saturated rings. The molecule has 0 bridgehead atoms. The maximum atomic E-state index is 14.0. The number of benzene rings is 1. The van der Waals surface area contributed by atoms with Gasteiger partial charge < -0.3 is 10.1 Å². The Hall–Kier alpha value is -2.11.